The first-order valence-electron chi connectivity index (χ1n) is 10.6. The number of nitrogens with two attached hydrogens (primary N) is 1. The van der Waals surface area contributed by atoms with E-state index in [4.69, 9.17) is 10.5 Å². The maximum absolute atomic E-state index is 12.4. The van der Waals surface area contributed by atoms with E-state index in [2.05, 4.69) is 27.4 Å². The zero-order valence-electron chi connectivity index (χ0n) is 18.2. The molecule has 0 aliphatic heterocycles. The van der Waals surface area contributed by atoms with Crippen LogP contribution in [0.4, 0.5) is 10.7 Å². The molecule has 1 amide bonds. The van der Waals surface area contributed by atoms with Crippen molar-refractivity contribution in [3.8, 4) is 22.4 Å². The van der Waals surface area contributed by atoms with Crippen molar-refractivity contribution in [3.63, 3.8) is 0 Å². The lowest BCUT2D eigenvalue weighted by atomic mass is 9.71. The molecule has 0 atom stereocenters. The first kappa shape index (κ1) is 20.8. The lowest BCUT2D eigenvalue weighted by Crippen LogP contribution is -2.52. The number of nitrogens with zero attached hydrogens (tertiary/aromatic N) is 2. The van der Waals surface area contributed by atoms with Crippen molar-refractivity contribution in [2.24, 2.45) is 0 Å². The summed E-state index contributed by atoms with van der Waals surface area (Å²) < 4.78 is 5.48. The van der Waals surface area contributed by atoms with Gasteiger partial charge in [0.2, 0.25) is 5.95 Å². The van der Waals surface area contributed by atoms with Gasteiger partial charge in [-0.15, -0.1) is 0 Å². The SMILES string of the molecule is CC(C)(C)OC(=O)NC1(c2ccc(-c3nc(N)ncc3-c3ccccc3)cc2)CCC1. The Bertz CT molecular complexity index is 1070. The minimum absolute atomic E-state index is 0.237. The fourth-order valence-corrected chi connectivity index (χ4v) is 3.91. The summed E-state index contributed by atoms with van der Waals surface area (Å²) in [4.78, 5) is 21.1. The summed E-state index contributed by atoms with van der Waals surface area (Å²) in [5, 5.41) is 3.10. The number of ether oxygens (including phenoxy) is 1. The van der Waals surface area contributed by atoms with Gasteiger partial charge in [0.1, 0.15) is 5.60 Å². The van der Waals surface area contributed by atoms with Gasteiger partial charge in [0.15, 0.2) is 0 Å². The van der Waals surface area contributed by atoms with Crippen LogP contribution in [0.25, 0.3) is 22.4 Å². The number of hydrogen-bond donors (Lipinski definition) is 2. The number of aromatic nitrogens is 2. The van der Waals surface area contributed by atoms with Gasteiger partial charge in [0.25, 0.3) is 0 Å². The third-order valence-electron chi connectivity index (χ3n) is 5.55. The van der Waals surface area contributed by atoms with E-state index in [0.29, 0.717) is 0 Å². The van der Waals surface area contributed by atoms with Crippen LogP contribution in [0.1, 0.15) is 45.6 Å². The molecule has 1 aliphatic carbocycles. The van der Waals surface area contributed by atoms with Crippen molar-refractivity contribution >= 4 is 12.0 Å². The quantitative estimate of drug-likeness (QED) is 0.602. The van der Waals surface area contributed by atoms with Crippen LogP contribution in [0.5, 0.6) is 0 Å². The van der Waals surface area contributed by atoms with Crippen LogP contribution in [-0.2, 0) is 10.3 Å². The summed E-state index contributed by atoms with van der Waals surface area (Å²) in [6, 6.07) is 18.2. The van der Waals surface area contributed by atoms with Crippen molar-refractivity contribution in [3.05, 3.63) is 66.4 Å². The number of benzene rings is 2. The van der Waals surface area contributed by atoms with Crippen molar-refractivity contribution < 1.29 is 9.53 Å². The Morgan fingerprint density at radius 2 is 1.71 bits per heavy atom. The van der Waals surface area contributed by atoms with Gasteiger partial charge in [-0.25, -0.2) is 14.8 Å². The molecule has 2 aromatic carbocycles. The molecular formula is C25H28N4O2. The van der Waals surface area contributed by atoms with E-state index >= 15 is 0 Å². The number of amides is 1. The highest BCUT2D eigenvalue weighted by Gasteiger charge is 2.41. The molecule has 6 heteroatoms. The molecule has 0 unspecified atom stereocenters. The highest BCUT2D eigenvalue weighted by molar-refractivity contribution is 5.81. The number of carbonyl (C=O) groups is 1. The van der Waals surface area contributed by atoms with Gasteiger partial charge < -0.3 is 15.8 Å². The molecule has 3 N–H and O–H groups in total. The average Bonchev–Trinajstić information content (AvgIpc) is 2.70. The summed E-state index contributed by atoms with van der Waals surface area (Å²) in [7, 11) is 0. The largest absolute Gasteiger partial charge is 0.444 e. The Hall–Kier alpha value is -3.41. The van der Waals surface area contributed by atoms with Crippen LogP contribution in [0.3, 0.4) is 0 Å². The van der Waals surface area contributed by atoms with Gasteiger partial charge in [0, 0.05) is 17.3 Å². The Morgan fingerprint density at radius 1 is 1.03 bits per heavy atom. The topological polar surface area (TPSA) is 90.1 Å². The first-order chi connectivity index (χ1) is 14.8. The van der Waals surface area contributed by atoms with E-state index < -0.39 is 5.60 Å². The molecule has 0 radical (unpaired) electrons. The molecule has 1 heterocycles. The lowest BCUT2D eigenvalue weighted by Gasteiger charge is -2.43. The summed E-state index contributed by atoms with van der Waals surface area (Å²) in [5.74, 6) is 0.237. The van der Waals surface area contributed by atoms with Crippen LogP contribution < -0.4 is 11.1 Å². The van der Waals surface area contributed by atoms with Gasteiger partial charge in [0.05, 0.1) is 11.2 Å². The predicted molar refractivity (Wildman–Crippen MR) is 122 cm³/mol. The van der Waals surface area contributed by atoms with E-state index in [1.807, 2.05) is 63.2 Å². The second-order valence-corrected chi connectivity index (χ2v) is 9.00. The summed E-state index contributed by atoms with van der Waals surface area (Å²) in [5.41, 5.74) is 9.74. The Kier molecular flexibility index (Phi) is 5.39. The third kappa shape index (κ3) is 4.53. The monoisotopic (exact) mass is 416 g/mol. The zero-order chi connectivity index (χ0) is 22.1. The van der Waals surface area contributed by atoms with E-state index in [9.17, 15) is 4.79 Å². The number of carbonyl (C=O) groups excluding carboxylic acids is 1. The summed E-state index contributed by atoms with van der Waals surface area (Å²) >= 11 is 0. The molecule has 0 spiro atoms. The van der Waals surface area contributed by atoms with Gasteiger partial charge in [-0.05, 0) is 51.2 Å². The number of rotatable bonds is 4. The molecule has 4 rings (SSSR count). The maximum Gasteiger partial charge on any atom is 0.408 e. The zero-order valence-corrected chi connectivity index (χ0v) is 18.2. The smallest absolute Gasteiger partial charge is 0.408 e. The third-order valence-corrected chi connectivity index (χ3v) is 5.55. The minimum atomic E-state index is -0.528. The van der Waals surface area contributed by atoms with Gasteiger partial charge in [-0.2, -0.15) is 0 Å². The molecule has 0 bridgehead atoms. The summed E-state index contributed by atoms with van der Waals surface area (Å²) in [6.45, 7) is 5.60. The van der Waals surface area contributed by atoms with Crippen LogP contribution in [-0.4, -0.2) is 21.7 Å². The van der Waals surface area contributed by atoms with E-state index in [1.54, 1.807) is 6.20 Å². The molecule has 3 aromatic rings. The van der Waals surface area contributed by atoms with Gasteiger partial charge in [-0.1, -0.05) is 54.6 Å². The fourth-order valence-electron chi connectivity index (χ4n) is 3.91. The predicted octanol–water partition coefficient (Wildman–Crippen LogP) is 5.30. The van der Waals surface area contributed by atoms with Crippen LogP contribution in [0, 0.1) is 0 Å². The second kappa shape index (κ2) is 8.02. The number of hydrogen-bond acceptors (Lipinski definition) is 5. The molecule has 6 nitrogen and oxygen atoms in total. The maximum atomic E-state index is 12.4. The number of alkyl carbamates (subject to hydrolysis) is 1. The highest BCUT2D eigenvalue weighted by Crippen LogP contribution is 2.42. The number of nitrogens with one attached hydrogen (secondary N) is 1. The first-order valence-corrected chi connectivity index (χ1v) is 10.6. The molecular weight excluding hydrogens is 388 g/mol. The normalized spacial score (nSPS) is 15.1. The van der Waals surface area contributed by atoms with Crippen LogP contribution in [0.15, 0.2) is 60.8 Å². The van der Waals surface area contributed by atoms with Gasteiger partial charge >= 0.3 is 6.09 Å². The molecule has 0 saturated heterocycles. The van der Waals surface area contributed by atoms with Crippen LogP contribution in [0.2, 0.25) is 0 Å². The molecule has 160 valence electrons. The Morgan fingerprint density at radius 3 is 2.29 bits per heavy atom. The number of nitrogen functional groups attached to an aromatic ring is 1. The fraction of sp³-hybridized carbons (Fsp3) is 0.320. The summed E-state index contributed by atoms with van der Waals surface area (Å²) in [6.07, 6.45) is 4.23. The molecule has 1 saturated carbocycles. The van der Waals surface area contributed by atoms with Crippen molar-refractivity contribution in [1.29, 1.82) is 0 Å². The molecule has 1 aromatic heterocycles. The van der Waals surface area contributed by atoms with Gasteiger partial charge in [-0.3, -0.25) is 0 Å². The van der Waals surface area contributed by atoms with E-state index in [1.165, 1.54) is 0 Å². The Labute approximate surface area is 182 Å². The number of anilines is 1. The second-order valence-electron chi connectivity index (χ2n) is 9.00. The Balaban J connectivity index is 1.63. The van der Waals surface area contributed by atoms with E-state index in [0.717, 1.165) is 47.2 Å². The highest BCUT2D eigenvalue weighted by atomic mass is 16.6. The van der Waals surface area contributed by atoms with Crippen molar-refractivity contribution in [2.45, 2.75) is 51.2 Å². The lowest BCUT2D eigenvalue weighted by molar-refractivity contribution is 0.0377. The standard InChI is InChI=1S/C25H28N4O2/c1-24(2,3)31-23(30)29-25(14-7-15-25)19-12-10-18(11-13-19)21-20(16-27-22(26)28-21)17-8-5-4-6-9-17/h4-6,8-13,16H,7,14-15H2,1-3H3,(H,29,30)(H2,26,27,28). The van der Waals surface area contributed by atoms with Crippen molar-refractivity contribution in [2.75, 3.05) is 5.73 Å². The van der Waals surface area contributed by atoms with E-state index in [-0.39, 0.29) is 17.6 Å². The average molecular weight is 417 g/mol. The molecule has 1 aliphatic rings. The van der Waals surface area contributed by atoms with Crippen LogP contribution >= 0.6 is 0 Å². The minimum Gasteiger partial charge on any atom is -0.444 e. The molecule has 31 heavy (non-hydrogen) atoms. The molecule has 1 fully saturated rings. The van der Waals surface area contributed by atoms with Crippen molar-refractivity contribution in [1.82, 2.24) is 15.3 Å².